The molecule has 0 spiro atoms. The Morgan fingerprint density at radius 3 is 2.75 bits per heavy atom. The van der Waals surface area contributed by atoms with Gasteiger partial charge >= 0.3 is 0 Å². The van der Waals surface area contributed by atoms with Crippen molar-refractivity contribution in [1.29, 1.82) is 0 Å². The van der Waals surface area contributed by atoms with Crippen molar-refractivity contribution in [2.24, 2.45) is 0 Å². The van der Waals surface area contributed by atoms with Gasteiger partial charge in [0.25, 0.3) is 0 Å². The summed E-state index contributed by atoms with van der Waals surface area (Å²) in [6.07, 6.45) is 1.44. The lowest BCUT2D eigenvalue weighted by molar-refractivity contribution is -0.123. The largest absolute Gasteiger partial charge is 0.378 e. The monoisotopic (exact) mass is 250 g/mol. The van der Waals surface area contributed by atoms with Crippen molar-refractivity contribution in [2.45, 2.75) is 45.2 Å². The number of ether oxygens (including phenoxy) is 1. The van der Waals surface area contributed by atoms with Gasteiger partial charge in [0.15, 0.2) is 0 Å². The van der Waals surface area contributed by atoms with Gasteiger partial charge in [-0.2, -0.15) is 0 Å². The molecule has 0 aliphatic carbocycles. The highest BCUT2D eigenvalue weighted by Crippen LogP contribution is 2.08. The molecule has 5 heteroatoms. The summed E-state index contributed by atoms with van der Waals surface area (Å²) >= 11 is 0. The van der Waals surface area contributed by atoms with Crippen LogP contribution < -0.4 is 10.6 Å². The summed E-state index contributed by atoms with van der Waals surface area (Å²) in [5, 5.41) is 6.29. The first-order valence-electron chi connectivity index (χ1n) is 5.65. The lowest BCUT2D eigenvalue weighted by atomic mass is 10.0. The van der Waals surface area contributed by atoms with E-state index in [-0.39, 0.29) is 29.9 Å². The fourth-order valence-corrected chi connectivity index (χ4v) is 1.49. The summed E-state index contributed by atoms with van der Waals surface area (Å²) in [5.74, 6) is 0.102. The molecule has 1 unspecified atom stereocenters. The fourth-order valence-electron chi connectivity index (χ4n) is 1.49. The van der Waals surface area contributed by atoms with Crippen molar-refractivity contribution in [3.63, 3.8) is 0 Å². The predicted molar refractivity (Wildman–Crippen MR) is 67.0 cm³/mol. The number of rotatable bonds is 4. The van der Waals surface area contributed by atoms with Crippen molar-refractivity contribution in [3.8, 4) is 0 Å². The summed E-state index contributed by atoms with van der Waals surface area (Å²) in [5.41, 5.74) is -0.105. The second-order valence-corrected chi connectivity index (χ2v) is 4.72. The van der Waals surface area contributed by atoms with E-state index < -0.39 is 0 Å². The maximum Gasteiger partial charge on any atom is 0.222 e. The van der Waals surface area contributed by atoms with Crippen LogP contribution in [-0.4, -0.2) is 37.2 Å². The van der Waals surface area contributed by atoms with Crippen molar-refractivity contribution in [2.75, 3.05) is 19.8 Å². The molecule has 96 valence electrons. The summed E-state index contributed by atoms with van der Waals surface area (Å²) in [6.45, 7) is 8.38. The van der Waals surface area contributed by atoms with Crippen LogP contribution in [0.3, 0.4) is 0 Å². The Bertz CT molecular complexity index is 216. The van der Waals surface area contributed by atoms with Crippen LogP contribution in [0.5, 0.6) is 0 Å². The third-order valence-electron chi connectivity index (χ3n) is 2.79. The molecule has 4 nitrogen and oxygen atoms in total. The van der Waals surface area contributed by atoms with E-state index in [0.717, 1.165) is 19.6 Å². The number of hydrogen-bond acceptors (Lipinski definition) is 3. The molecule has 1 amide bonds. The van der Waals surface area contributed by atoms with Crippen LogP contribution in [0.2, 0.25) is 0 Å². The van der Waals surface area contributed by atoms with Crippen molar-refractivity contribution >= 4 is 18.3 Å². The number of amides is 1. The first-order chi connectivity index (χ1) is 7.03. The minimum absolute atomic E-state index is 0. The molecule has 0 radical (unpaired) electrons. The zero-order chi connectivity index (χ0) is 11.3. The highest BCUT2D eigenvalue weighted by Gasteiger charge is 2.21. The van der Waals surface area contributed by atoms with E-state index >= 15 is 0 Å². The van der Waals surface area contributed by atoms with Gasteiger partial charge in [-0.25, -0.2) is 0 Å². The van der Waals surface area contributed by atoms with Crippen LogP contribution in [0.4, 0.5) is 0 Å². The molecule has 1 fully saturated rings. The fraction of sp³-hybridized carbons (Fsp3) is 0.909. The zero-order valence-corrected chi connectivity index (χ0v) is 11.2. The number of halogens is 1. The minimum atomic E-state index is -0.105. The molecule has 1 atom stereocenters. The summed E-state index contributed by atoms with van der Waals surface area (Å²) in [6, 6.07) is 0.173. The maximum atomic E-state index is 11.7. The van der Waals surface area contributed by atoms with Gasteiger partial charge in [0, 0.05) is 24.5 Å². The average molecular weight is 251 g/mol. The van der Waals surface area contributed by atoms with E-state index in [0.29, 0.717) is 13.0 Å². The van der Waals surface area contributed by atoms with Gasteiger partial charge in [0.05, 0.1) is 13.2 Å². The Balaban J connectivity index is 0.00000225. The van der Waals surface area contributed by atoms with E-state index in [1.54, 1.807) is 0 Å². The molecule has 2 N–H and O–H groups in total. The molecule has 1 aliphatic rings. The Morgan fingerprint density at radius 1 is 1.56 bits per heavy atom. The van der Waals surface area contributed by atoms with Gasteiger partial charge < -0.3 is 15.4 Å². The lowest BCUT2D eigenvalue weighted by Gasteiger charge is -2.27. The van der Waals surface area contributed by atoms with E-state index in [9.17, 15) is 4.79 Å². The molecule has 0 bridgehead atoms. The third kappa shape index (κ3) is 5.68. The second kappa shape index (κ2) is 7.09. The molecular formula is C11H23ClN2O2. The molecule has 0 aromatic heterocycles. The maximum absolute atomic E-state index is 11.7. The topological polar surface area (TPSA) is 50.4 Å². The Kier molecular flexibility index (Phi) is 6.95. The first-order valence-corrected chi connectivity index (χ1v) is 5.65. The average Bonchev–Trinajstić information content (AvgIpc) is 2.18. The van der Waals surface area contributed by atoms with Crippen molar-refractivity contribution < 1.29 is 9.53 Å². The Hall–Kier alpha value is -0.320. The SMILES string of the molecule is CCC(C)(C)NC(=O)CC1COCCN1.Cl. The summed E-state index contributed by atoms with van der Waals surface area (Å²) in [7, 11) is 0. The smallest absolute Gasteiger partial charge is 0.222 e. The van der Waals surface area contributed by atoms with E-state index in [4.69, 9.17) is 4.74 Å². The molecule has 1 aliphatic heterocycles. The third-order valence-corrected chi connectivity index (χ3v) is 2.79. The Morgan fingerprint density at radius 2 is 2.25 bits per heavy atom. The van der Waals surface area contributed by atoms with Crippen LogP contribution >= 0.6 is 12.4 Å². The minimum Gasteiger partial charge on any atom is -0.378 e. The molecule has 1 heterocycles. The molecular weight excluding hydrogens is 228 g/mol. The van der Waals surface area contributed by atoms with Crippen LogP contribution in [0, 0.1) is 0 Å². The van der Waals surface area contributed by atoms with Gasteiger partial charge in [-0.3, -0.25) is 4.79 Å². The molecule has 1 rings (SSSR count). The number of morpholine rings is 1. The number of carbonyl (C=O) groups is 1. The summed E-state index contributed by atoms with van der Waals surface area (Å²) < 4.78 is 5.30. The molecule has 0 aromatic rings. The Labute approximate surface area is 104 Å². The van der Waals surface area contributed by atoms with E-state index in [1.165, 1.54) is 0 Å². The lowest BCUT2D eigenvalue weighted by Crippen LogP contribution is -2.48. The predicted octanol–water partition coefficient (Wildman–Crippen LogP) is 1.09. The highest BCUT2D eigenvalue weighted by atomic mass is 35.5. The number of nitrogens with one attached hydrogen (secondary N) is 2. The van der Waals surface area contributed by atoms with Crippen molar-refractivity contribution in [1.82, 2.24) is 10.6 Å². The second-order valence-electron chi connectivity index (χ2n) is 4.72. The highest BCUT2D eigenvalue weighted by molar-refractivity contribution is 5.85. The standard InChI is InChI=1S/C11H22N2O2.ClH/c1-4-11(2,3)13-10(14)7-9-8-15-6-5-12-9;/h9,12H,4-8H2,1-3H3,(H,13,14);1H. The number of carbonyl (C=O) groups excluding carboxylic acids is 1. The van der Waals surface area contributed by atoms with Crippen molar-refractivity contribution in [3.05, 3.63) is 0 Å². The molecule has 0 aromatic carbocycles. The molecule has 16 heavy (non-hydrogen) atoms. The van der Waals surface area contributed by atoms with Gasteiger partial charge in [0.1, 0.15) is 0 Å². The van der Waals surface area contributed by atoms with Crippen LogP contribution in [-0.2, 0) is 9.53 Å². The molecule has 1 saturated heterocycles. The van der Waals surface area contributed by atoms with E-state index in [2.05, 4.69) is 17.6 Å². The number of hydrogen-bond donors (Lipinski definition) is 2. The van der Waals surface area contributed by atoms with Crippen LogP contribution in [0.1, 0.15) is 33.6 Å². The molecule has 0 saturated carbocycles. The van der Waals surface area contributed by atoms with Gasteiger partial charge in [0.2, 0.25) is 5.91 Å². The normalized spacial score (nSPS) is 21.1. The van der Waals surface area contributed by atoms with Gasteiger partial charge in [-0.1, -0.05) is 6.92 Å². The van der Waals surface area contributed by atoms with Crippen LogP contribution in [0.25, 0.3) is 0 Å². The van der Waals surface area contributed by atoms with Gasteiger partial charge in [-0.05, 0) is 20.3 Å². The quantitative estimate of drug-likeness (QED) is 0.786. The summed E-state index contributed by atoms with van der Waals surface area (Å²) in [4.78, 5) is 11.7. The van der Waals surface area contributed by atoms with E-state index in [1.807, 2.05) is 13.8 Å². The first kappa shape index (κ1) is 15.7. The van der Waals surface area contributed by atoms with Gasteiger partial charge in [-0.15, -0.1) is 12.4 Å². The zero-order valence-electron chi connectivity index (χ0n) is 10.3. The van der Waals surface area contributed by atoms with Crippen LogP contribution in [0.15, 0.2) is 0 Å².